The highest BCUT2D eigenvalue weighted by Crippen LogP contribution is 2.23. The maximum Gasteiger partial charge on any atom is 0.219 e. The Kier molecular flexibility index (Phi) is 55.3. The third-order valence-electron chi connectivity index (χ3n) is 22.7. The molecule has 8 atom stereocenters. The first-order valence-electron chi connectivity index (χ1n) is 44.3. The summed E-state index contributed by atoms with van der Waals surface area (Å²) in [4.78, 5) is 42.8. The summed E-state index contributed by atoms with van der Waals surface area (Å²) in [6.07, 6.45) is 3.84. The highest BCUT2D eigenvalue weighted by molar-refractivity contribution is 7.99. The normalized spacial score (nSPS) is 26.9. The second kappa shape index (κ2) is 58.3. The zero-order chi connectivity index (χ0) is 81.9. The van der Waals surface area contributed by atoms with Gasteiger partial charge in [0, 0.05) is 269 Å². The number of rotatable bonds is 12. The molecule has 10 aliphatic heterocycles. The highest BCUT2D eigenvalue weighted by atomic mass is 32.2. The summed E-state index contributed by atoms with van der Waals surface area (Å²) in [5, 5.41) is 3.33. The first-order valence-corrected chi connectivity index (χ1v) is 45.4. The number of thioether (sulfide) groups is 1. The van der Waals surface area contributed by atoms with E-state index in [1.165, 1.54) is 115 Å². The molecule has 0 aromatic heterocycles. The molecule has 0 spiro atoms. The Hall–Kier alpha value is -1.64. The van der Waals surface area contributed by atoms with Crippen molar-refractivity contribution in [3.8, 4) is 0 Å². The topological polar surface area (TPSA) is 108 Å². The molecule has 20 heteroatoms. The second-order valence-corrected chi connectivity index (χ2v) is 37.5. The van der Waals surface area contributed by atoms with Crippen LogP contribution in [0.1, 0.15) is 213 Å². The molecule has 1 N–H and O–H groups in total. The van der Waals surface area contributed by atoms with Gasteiger partial charge in [0.2, 0.25) is 5.91 Å². The average molecular weight is 1560 g/mol. The van der Waals surface area contributed by atoms with Crippen molar-refractivity contribution in [3.05, 3.63) is 35.9 Å². The van der Waals surface area contributed by atoms with Crippen LogP contribution in [0.4, 0.5) is 0 Å². The van der Waals surface area contributed by atoms with E-state index >= 15 is 0 Å². The molecule has 0 saturated carbocycles. The second-order valence-electron chi connectivity index (χ2n) is 36.2. The number of morpholine rings is 4. The minimum Gasteiger partial charge on any atom is -0.379 e. The molecule has 4 unspecified atom stereocenters. The Labute approximate surface area is 680 Å². The number of likely N-dealkylation sites (tertiary alicyclic amines) is 1. The number of hydrogen-bond acceptors (Lipinski definition) is 19. The van der Waals surface area contributed by atoms with E-state index in [1.54, 1.807) is 6.92 Å². The number of amides is 1. The summed E-state index contributed by atoms with van der Waals surface area (Å²) in [5.74, 6) is 4.68. The number of carbonyl (C=O) groups is 1. The van der Waals surface area contributed by atoms with Gasteiger partial charge < -0.3 is 39.0 Å². The van der Waals surface area contributed by atoms with Crippen LogP contribution in [0, 0.1) is 11.8 Å². The number of hydrogen-bond donors (Lipinski definition) is 1. The first kappa shape index (κ1) is 103. The lowest BCUT2D eigenvalue weighted by molar-refractivity contribution is -0.130. The average Bonchev–Trinajstić information content (AvgIpc) is 0.906. The van der Waals surface area contributed by atoms with Crippen LogP contribution in [0.15, 0.2) is 30.3 Å². The Morgan fingerprint density at radius 1 is 0.367 bits per heavy atom. The molecule has 10 aliphatic rings. The first-order chi connectivity index (χ1) is 51.3. The molecule has 0 aliphatic carbocycles. The van der Waals surface area contributed by atoms with Gasteiger partial charge in [-0.2, -0.15) is 11.8 Å². The molecule has 11 rings (SSSR count). The van der Waals surface area contributed by atoms with Gasteiger partial charge in [-0.05, 0) is 211 Å². The Morgan fingerprint density at radius 2 is 0.651 bits per heavy atom. The molecule has 644 valence electrons. The van der Waals surface area contributed by atoms with Crippen LogP contribution in [0.3, 0.4) is 0 Å². The number of ether oxygens (including phenoxy) is 4. The van der Waals surface area contributed by atoms with Crippen molar-refractivity contribution in [2.24, 2.45) is 11.8 Å². The number of piperidine rings is 1. The fourth-order valence-electron chi connectivity index (χ4n) is 15.6. The minimum absolute atomic E-state index is 0.207. The standard InChI is InChI=1S/C14H22N2.C10H21N.C9H18N2O.3C9H19NO.C8H18N2.C7H16N2.C7H15NO.C7H15NS/c1-13(2)16-10-8-15(9-11-16)12-14-6-4-3-5-7-14;1-8(2)11-6-9(3)5-10(4)7-11;1-8(2)10-4-6-11(7-5-10)9(3)12;3*1-7(2)10-5-8(3)11-9(4)6-10;1-8(2)10-6-4-9(3)5-7-10;1-7(2)9-5-3-8-4-6-9;2*1-7(2)8-3-5-9-6-4-8/h3-7,13H,8-12H2,1-2H3;8-10H,5-7H2,1-4H3;8H,4-7H2,1-3H3;3*7-9H,5-6H2,1-4H3;8H,4-7H2,1-3H3;7-8H,3-6H2,1-2H3;2*7H,3-6H2,1-2H3/t;;;8-,9+;8-,9-;;;;;/m....1...../s1. The summed E-state index contributed by atoms with van der Waals surface area (Å²) in [5.41, 5.74) is 1.43. The van der Waals surface area contributed by atoms with Crippen molar-refractivity contribution in [3.63, 3.8) is 0 Å². The summed E-state index contributed by atoms with van der Waals surface area (Å²) in [6.45, 7) is 99.6. The van der Waals surface area contributed by atoms with E-state index in [4.69, 9.17) is 18.9 Å². The summed E-state index contributed by atoms with van der Waals surface area (Å²) in [7, 11) is 2.19. The van der Waals surface area contributed by atoms with E-state index in [2.05, 4.69) is 307 Å². The van der Waals surface area contributed by atoms with Gasteiger partial charge >= 0.3 is 0 Å². The summed E-state index contributed by atoms with van der Waals surface area (Å²) < 4.78 is 22.1. The largest absolute Gasteiger partial charge is 0.379 e. The number of nitrogens with zero attached hydrogens (tertiary/aromatic N) is 13. The maximum absolute atomic E-state index is 11.0. The lowest BCUT2D eigenvalue weighted by Gasteiger charge is -2.37. The van der Waals surface area contributed by atoms with Crippen LogP contribution in [-0.2, 0) is 30.3 Å². The molecule has 1 aromatic rings. The van der Waals surface area contributed by atoms with Crippen molar-refractivity contribution in [1.82, 2.24) is 69.0 Å². The number of carbonyl (C=O) groups excluding carboxylic acids is 1. The fourth-order valence-corrected chi connectivity index (χ4v) is 16.5. The molecule has 10 heterocycles. The van der Waals surface area contributed by atoms with Gasteiger partial charge in [-0.15, -0.1) is 0 Å². The lowest BCUT2D eigenvalue weighted by Crippen LogP contribution is -2.50. The Morgan fingerprint density at radius 3 is 0.945 bits per heavy atom. The van der Waals surface area contributed by atoms with Crippen LogP contribution in [0.25, 0.3) is 0 Å². The molecule has 1 amide bonds. The van der Waals surface area contributed by atoms with E-state index < -0.39 is 0 Å². The van der Waals surface area contributed by atoms with Crippen molar-refractivity contribution < 1.29 is 23.7 Å². The van der Waals surface area contributed by atoms with Gasteiger partial charge in [0.1, 0.15) is 0 Å². The zero-order valence-corrected chi connectivity index (χ0v) is 77.9. The summed E-state index contributed by atoms with van der Waals surface area (Å²) >= 11 is 2.07. The van der Waals surface area contributed by atoms with Crippen LogP contribution in [-0.4, -0.2) is 382 Å². The number of nitrogens with one attached hydrogen (secondary N) is 1. The van der Waals surface area contributed by atoms with Gasteiger partial charge in [-0.25, -0.2) is 0 Å². The van der Waals surface area contributed by atoms with Crippen molar-refractivity contribution in [1.29, 1.82) is 0 Å². The predicted octanol–water partition coefficient (Wildman–Crippen LogP) is 12.8. The number of benzene rings is 1. The quantitative estimate of drug-likeness (QED) is 0.214. The molecular weight excluding hydrogens is 1380 g/mol. The molecule has 10 saturated heterocycles. The monoisotopic (exact) mass is 1560 g/mol. The van der Waals surface area contributed by atoms with Crippen LogP contribution < -0.4 is 5.32 Å². The van der Waals surface area contributed by atoms with E-state index in [9.17, 15) is 4.79 Å². The molecule has 0 radical (unpaired) electrons. The molecule has 0 bridgehead atoms. The molecule has 1 aromatic carbocycles. The predicted molar refractivity (Wildman–Crippen MR) is 473 cm³/mol. The van der Waals surface area contributed by atoms with Gasteiger partial charge in [-0.3, -0.25) is 53.8 Å². The zero-order valence-electron chi connectivity index (χ0n) is 77.1. The lowest BCUT2D eigenvalue weighted by atomic mass is 9.91. The summed E-state index contributed by atoms with van der Waals surface area (Å²) in [6, 6.07) is 17.7. The smallest absolute Gasteiger partial charge is 0.219 e. The third kappa shape index (κ3) is 47.4. The van der Waals surface area contributed by atoms with Crippen molar-refractivity contribution in [2.45, 2.75) is 311 Å². The van der Waals surface area contributed by atoms with E-state index in [0.29, 0.717) is 72.9 Å². The van der Waals surface area contributed by atoms with Crippen LogP contribution >= 0.6 is 11.8 Å². The van der Waals surface area contributed by atoms with Crippen LogP contribution in [0.5, 0.6) is 0 Å². The van der Waals surface area contributed by atoms with Gasteiger partial charge in [-0.1, -0.05) is 44.2 Å². The number of piperazine rings is 4. The number of likely N-dealkylation sites (N-methyl/N-ethyl adjacent to an activating group) is 1. The molecule has 10 fully saturated rings. The molecule has 109 heavy (non-hydrogen) atoms. The van der Waals surface area contributed by atoms with Gasteiger partial charge in [0.05, 0.1) is 49.8 Å². The maximum atomic E-state index is 11.0. The Balaban J connectivity index is 0.000000413. The highest BCUT2D eigenvalue weighted by Gasteiger charge is 2.28. The van der Waals surface area contributed by atoms with E-state index in [0.717, 1.165) is 147 Å². The van der Waals surface area contributed by atoms with Crippen molar-refractivity contribution >= 4 is 17.7 Å². The van der Waals surface area contributed by atoms with Gasteiger partial charge in [0.25, 0.3) is 0 Å². The van der Waals surface area contributed by atoms with Crippen LogP contribution in [0.2, 0.25) is 0 Å². The van der Waals surface area contributed by atoms with Gasteiger partial charge in [0.15, 0.2) is 0 Å². The fraction of sp³-hybridized carbons (Fsp3) is 0.921. The molecule has 19 nitrogen and oxygen atoms in total. The SMILES string of the molecule is CC(=O)N1CCN(C(C)C)CC1.CC(C)N1CCN(C)CC1.CC(C)N1CCN(Cc2ccccc2)CC1.CC(C)N1CCNCC1.CC(C)N1CCOCC1.CC(C)N1CCSCC1.CC(C)N1C[C@@H](C)O[C@@H](C)C1.CC(C)N1C[C@@H](C)O[C@H](C)C1.CC1CC(C)CN(C(C)C)C1.CC1CN(C(C)C)CC(C)O1. The van der Waals surface area contributed by atoms with E-state index in [-0.39, 0.29) is 5.91 Å². The molecular formula is C89H182N14O5S. The Bertz CT molecular complexity index is 2090. The minimum atomic E-state index is 0.207. The van der Waals surface area contributed by atoms with E-state index in [1.807, 2.05) is 4.90 Å². The third-order valence-corrected chi connectivity index (χ3v) is 23.7. The van der Waals surface area contributed by atoms with Crippen molar-refractivity contribution in [2.75, 3.05) is 215 Å².